The second kappa shape index (κ2) is 5.72. The maximum Gasteiger partial charge on any atom is 0.310 e. The number of nitro benzene ring substituents is 1. The predicted octanol–water partition coefficient (Wildman–Crippen LogP) is 2.20. The third-order valence-corrected chi connectivity index (χ3v) is 3.87. The minimum absolute atomic E-state index is 0.0809. The average Bonchev–Trinajstić information content (AvgIpc) is 2.87. The standard InChI is InChI=1S/C12H13IN2O4/c1-19-12(16)8-4-5-14(7-8)10-3-2-9(13)6-11(10)15(17)18/h2-3,6,8H,4-5,7H2,1H3. The van der Waals surface area contributed by atoms with Crippen molar-refractivity contribution in [3.63, 3.8) is 0 Å². The molecule has 0 aromatic heterocycles. The van der Waals surface area contributed by atoms with Gasteiger partial charge in [0.15, 0.2) is 0 Å². The zero-order valence-corrected chi connectivity index (χ0v) is 12.5. The lowest BCUT2D eigenvalue weighted by atomic mass is 10.1. The maximum atomic E-state index is 11.5. The molecule has 0 saturated carbocycles. The largest absolute Gasteiger partial charge is 0.469 e. The Hall–Kier alpha value is -1.38. The number of ether oxygens (including phenoxy) is 1. The van der Waals surface area contributed by atoms with Crippen LogP contribution in [0.3, 0.4) is 0 Å². The number of halogens is 1. The van der Waals surface area contributed by atoms with E-state index in [1.54, 1.807) is 12.1 Å². The summed E-state index contributed by atoms with van der Waals surface area (Å²) in [5.74, 6) is -0.459. The molecule has 0 spiro atoms. The highest BCUT2D eigenvalue weighted by atomic mass is 127. The van der Waals surface area contributed by atoms with Crippen LogP contribution >= 0.6 is 22.6 Å². The number of nitrogens with zero attached hydrogens (tertiary/aromatic N) is 2. The number of hydrogen-bond donors (Lipinski definition) is 0. The SMILES string of the molecule is COC(=O)C1CCN(c2ccc(I)cc2[N+](=O)[O-])C1. The van der Waals surface area contributed by atoms with E-state index in [0.717, 1.165) is 3.57 Å². The van der Waals surface area contributed by atoms with Crippen molar-refractivity contribution in [1.29, 1.82) is 0 Å². The van der Waals surface area contributed by atoms with Gasteiger partial charge in [0.25, 0.3) is 5.69 Å². The number of nitro groups is 1. The molecule has 2 rings (SSSR count). The highest BCUT2D eigenvalue weighted by Crippen LogP contribution is 2.33. The Bertz CT molecular complexity index is 520. The van der Waals surface area contributed by atoms with Gasteiger partial charge < -0.3 is 9.64 Å². The third-order valence-electron chi connectivity index (χ3n) is 3.20. The average molecular weight is 376 g/mol. The fraction of sp³-hybridized carbons (Fsp3) is 0.417. The molecule has 1 atom stereocenters. The number of carbonyl (C=O) groups is 1. The first-order valence-corrected chi connectivity index (χ1v) is 6.87. The van der Waals surface area contributed by atoms with E-state index in [0.29, 0.717) is 25.2 Å². The molecule has 1 aromatic rings. The molecule has 102 valence electrons. The smallest absolute Gasteiger partial charge is 0.310 e. The van der Waals surface area contributed by atoms with Gasteiger partial charge in [-0.25, -0.2) is 0 Å². The molecule has 0 aliphatic carbocycles. The van der Waals surface area contributed by atoms with E-state index in [4.69, 9.17) is 4.74 Å². The molecule has 1 aliphatic rings. The summed E-state index contributed by atoms with van der Waals surface area (Å²) < 4.78 is 5.53. The van der Waals surface area contributed by atoms with E-state index in [9.17, 15) is 14.9 Å². The summed E-state index contributed by atoms with van der Waals surface area (Å²) in [4.78, 5) is 24.1. The van der Waals surface area contributed by atoms with Gasteiger partial charge in [-0.1, -0.05) is 0 Å². The van der Waals surface area contributed by atoms with Gasteiger partial charge in [0.05, 0.1) is 18.0 Å². The van der Waals surface area contributed by atoms with E-state index < -0.39 is 0 Å². The van der Waals surface area contributed by atoms with Crippen LogP contribution in [0.4, 0.5) is 11.4 Å². The predicted molar refractivity (Wildman–Crippen MR) is 78.1 cm³/mol. The molecule has 1 aliphatic heterocycles. The van der Waals surface area contributed by atoms with Gasteiger partial charge in [0.2, 0.25) is 0 Å². The first-order chi connectivity index (χ1) is 9.02. The molecule has 1 aromatic carbocycles. The van der Waals surface area contributed by atoms with Gasteiger partial charge >= 0.3 is 5.97 Å². The number of methoxy groups -OCH3 is 1. The van der Waals surface area contributed by atoms with Crippen molar-refractivity contribution in [2.45, 2.75) is 6.42 Å². The molecule has 1 unspecified atom stereocenters. The highest BCUT2D eigenvalue weighted by Gasteiger charge is 2.32. The van der Waals surface area contributed by atoms with Crippen LogP contribution in [-0.2, 0) is 9.53 Å². The van der Waals surface area contributed by atoms with E-state index >= 15 is 0 Å². The lowest BCUT2D eigenvalue weighted by Crippen LogP contribution is -2.24. The number of carbonyl (C=O) groups excluding carboxylic acids is 1. The number of benzene rings is 1. The minimum atomic E-state index is -0.386. The molecule has 0 amide bonds. The topological polar surface area (TPSA) is 72.7 Å². The Morgan fingerprint density at radius 1 is 1.58 bits per heavy atom. The molecular weight excluding hydrogens is 363 g/mol. The van der Waals surface area contributed by atoms with Crippen LogP contribution in [0, 0.1) is 19.6 Å². The van der Waals surface area contributed by atoms with Crippen molar-refractivity contribution < 1.29 is 14.5 Å². The highest BCUT2D eigenvalue weighted by molar-refractivity contribution is 14.1. The molecule has 1 saturated heterocycles. The third kappa shape index (κ3) is 2.96. The summed E-state index contributed by atoms with van der Waals surface area (Å²) in [5.41, 5.74) is 0.647. The summed E-state index contributed by atoms with van der Waals surface area (Å²) in [7, 11) is 1.36. The van der Waals surface area contributed by atoms with Crippen molar-refractivity contribution in [3.05, 3.63) is 31.9 Å². The first kappa shape index (κ1) is 14.0. The monoisotopic (exact) mass is 376 g/mol. The molecule has 1 fully saturated rings. The van der Waals surface area contributed by atoms with Gasteiger partial charge in [-0.15, -0.1) is 0 Å². The van der Waals surface area contributed by atoms with Crippen molar-refractivity contribution in [2.24, 2.45) is 5.92 Å². The normalized spacial score (nSPS) is 18.4. The zero-order valence-electron chi connectivity index (χ0n) is 10.3. The number of esters is 1. The summed E-state index contributed by atoms with van der Waals surface area (Å²) in [5, 5.41) is 11.1. The lowest BCUT2D eigenvalue weighted by Gasteiger charge is -2.18. The quantitative estimate of drug-likeness (QED) is 0.350. The van der Waals surface area contributed by atoms with Gasteiger partial charge in [0.1, 0.15) is 5.69 Å². The van der Waals surface area contributed by atoms with Gasteiger partial charge in [-0.2, -0.15) is 0 Å². The van der Waals surface area contributed by atoms with Crippen molar-refractivity contribution in [3.8, 4) is 0 Å². The summed E-state index contributed by atoms with van der Waals surface area (Å²) in [6, 6.07) is 5.11. The molecule has 0 bridgehead atoms. The summed E-state index contributed by atoms with van der Waals surface area (Å²) in [6.07, 6.45) is 0.663. The van der Waals surface area contributed by atoms with E-state index in [-0.39, 0.29) is 22.5 Å². The van der Waals surface area contributed by atoms with Crippen LogP contribution in [0.15, 0.2) is 18.2 Å². The molecule has 19 heavy (non-hydrogen) atoms. The van der Waals surface area contributed by atoms with Crippen molar-refractivity contribution in [2.75, 3.05) is 25.1 Å². The second-order valence-electron chi connectivity index (χ2n) is 4.34. The van der Waals surface area contributed by atoms with Crippen LogP contribution < -0.4 is 4.90 Å². The number of rotatable bonds is 3. The summed E-state index contributed by atoms with van der Waals surface area (Å²) >= 11 is 2.04. The molecule has 0 radical (unpaired) electrons. The Balaban J connectivity index is 2.24. The van der Waals surface area contributed by atoms with Crippen LogP contribution in [0.25, 0.3) is 0 Å². The van der Waals surface area contributed by atoms with Crippen LogP contribution in [0.1, 0.15) is 6.42 Å². The lowest BCUT2D eigenvalue weighted by molar-refractivity contribution is -0.384. The Morgan fingerprint density at radius 2 is 2.32 bits per heavy atom. The van der Waals surface area contributed by atoms with Gasteiger partial charge in [0, 0.05) is 22.7 Å². The molecular formula is C12H13IN2O4. The second-order valence-corrected chi connectivity index (χ2v) is 5.59. The Morgan fingerprint density at radius 3 is 2.95 bits per heavy atom. The minimum Gasteiger partial charge on any atom is -0.469 e. The van der Waals surface area contributed by atoms with Crippen molar-refractivity contribution >= 4 is 39.9 Å². The Kier molecular flexibility index (Phi) is 4.23. The van der Waals surface area contributed by atoms with E-state index in [1.807, 2.05) is 33.6 Å². The van der Waals surface area contributed by atoms with Gasteiger partial charge in [-0.3, -0.25) is 14.9 Å². The van der Waals surface area contributed by atoms with Crippen LogP contribution in [0.5, 0.6) is 0 Å². The summed E-state index contributed by atoms with van der Waals surface area (Å²) in [6.45, 7) is 1.09. The maximum absolute atomic E-state index is 11.5. The molecule has 6 nitrogen and oxygen atoms in total. The van der Waals surface area contributed by atoms with E-state index in [2.05, 4.69) is 0 Å². The fourth-order valence-electron chi connectivity index (χ4n) is 2.25. The first-order valence-electron chi connectivity index (χ1n) is 5.79. The van der Waals surface area contributed by atoms with Crippen LogP contribution in [-0.4, -0.2) is 31.1 Å². The zero-order chi connectivity index (χ0) is 14.0. The number of hydrogen-bond acceptors (Lipinski definition) is 5. The van der Waals surface area contributed by atoms with Gasteiger partial charge in [-0.05, 0) is 41.1 Å². The number of anilines is 1. The molecule has 0 N–H and O–H groups in total. The van der Waals surface area contributed by atoms with Crippen LogP contribution in [0.2, 0.25) is 0 Å². The van der Waals surface area contributed by atoms with E-state index in [1.165, 1.54) is 7.11 Å². The fourth-order valence-corrected chi connectivity index (χ4v) is 2.72. The molecule has 7 heteroatoms. The van der Waals surface area contributed by atoms with Crippen molar-refractivity contribution in [1.82, 2.24) is 0 Å². The molecule has 1 heterocycles. The Labute approximate surface area is 124 Å².